The molecule has 1 fully saturated rings. The second kappa shape index (κ2) is 3.99. The Hall–Kier alpha value is -0.200. The number of nitrogens with one attached hydrogen (secondary N) is 1. The highest BCUT2D eigenvalue weighted by molar-refractivity contribution is 8.00. The summed E-state index contributed by atoms with van der Waals surface area (Å²) in [5.41, 5.74) is 0. The molecule has 62 valence electrons. The highest BCUT2D eigenvalue weighted by Gasteiger charge is 2.24. The maximum Gasteiger partial charge on any atom is 0.0926 e. The standard InChI is InChI=1S/C8H14N2S/c1-6(5-9)10-8-3-4-11-7(8)2/h6-8,10H,3-4H2,1-2H3. The first kappa shape index (κ1) is 8.89. The lowest BCUT2D eigenvalue weighted by Crippen LogP contribution is -2.38. The van der Waals surface area contributed by atoms with E-state index in [0.717, 1.165) is 0 Å². The van der Waals surface area contributed by atoms with Gasteiger partial charge in [0, 0.05) is 11.3 Å². The van der Waals surface area contributed by atoms with Crippen LogP contribution in [-0.2, 0) is 0 Å². The summed E-state index contributed by atoms with van der Waals surface area (Å²) in [6, 6.07) is 2.74. The van der Waals surface area contributed by atoms with Crippen LogP contribution in [0.25, 0.3) is 0 Å². The molecule has 0 saturated carbocycles. The number of hydrogen-bond acceptors (Lipinski definition) is 3. The smallest absolute Gasteiger partial charge is 0.0926 e. The molecule has 1 heterocycles. The first-order valence-electron chi connectivity index (χ1n) is 4.01. The molecule has 11 heavy (non-hydrogen) atoms. The zero-order chi connectivity index (χ0) is 8.27. The normalized spacial score (nSPS) is 33.2. The second-order valence-corrected chi connectivity index (χ2v) is 4.47. The second-order valence-electron chi connectivity index (χ2n) is 2.99. The molecule has 1 saturated heterocycles. The minimum atomic E-state index is 0.00106. The highest BCUT2D eigenvalue weighted by atomic mass is 32.2. The van der Waals surface area contributed by atoms with E-state index in [1.54, 1.807) is 0 Å². The first-order valence-corrected chi connectivity index (χ1v) is 5.06. The SMILES string of the molecule is CC(C#N)NC1CCSC1C. The highest BCUT2D eigenvalue weighted by Crippen LogP contribution is 2.26. The number of rotatable bonds is 2. The molecular formula is C8H14N2S. The fourth-order valence-corrected chi connectivity index (χ4v) is 2.52. The maximum absolute atomic E-state index is 8.56. The summed E-state index contributed by atoms with van der Waals surface area (Å²) in [5, 5.41) is 12.5. The summed E-state index contributed by atoms with van der Waals surface area (Å²) >= 11 is 1.99. The van der Waals surface area contributed by atoms with Crippen molar-refractivity contribution in [3.8, 4) is 6.07 Å². The third-order valence-corrected chi connectivity index (χ3v) is 3.36. The van der Waals surface area contributed by atoms with E-state index in [0.29, 0.717) is 11.3 Å². The number of hydrogen-bond donors (Lipinski definition) is 1. The van der Waals surface area contributed by atoms with Crippen LogP contribution >= 0.6 is 11.8 Å². The van der Waals surface area contributed by atoms with E-state index >= 15 is 0 Å². The Bertz CT molecular complexity index is 164. The van der Waals surface area contributed by atoms with Crippen molar-refractivity contribution in [3.05, 3.63) is 0 Å². The lowest BCUT2D eigenvalue weighted by Gasteiger charge is -2.17. The summed E-state index contributed by atoms with van der Waals surface area (Å²) in [6.45, 7) is 4.13. The number of thioether (sulfide) groups is 1. The molecule has 0 bridgehead atoms. The summed E-state index contributed by atoms with van der Waals surface area (Å²) < 4.78 is 0. The van der Waals surface area contributed by atoms with Crippen LogP contribution in [0.5, 0.6) is 0 Å². The minimum Gasteiger partial charge on any atom is -0.298 e. The van der Waals surface area contributed by atoms with E-state index in [9.17, 15) is 0 Å². The lowest BCUT2D eigenvalue weighted by atomic mass is 10.1. The minimum absolute atomic E-state index is 0.00106. The molecule has 0 spiro atoms. The van der Waals surface area contributed by atoms with Gasteiger partial charge in [-0.05, 0) is 19.1 Å². The molecule has 0 aromatic heterocycles. The van der Waals surface area contributed by atoms with Crippen molar-refractivity contribution in [3.63, 3.8) is 0 Å². The molecular weight excluding hydrogens is 156 g/mol. The van der Waals surface area contributed by atoms with Crippen molar-refractivity contribution < 1.29 is 0 Å². The summed E-state index contributed by atoms with van der Waals surface area (Å²) in [5.74, 6) is 1.23. The topological polar surface area (TPSA) is 35.8 Å². The lowest BCUT2D eigenvalue weighted by molar-refractivity contribution is 0.490. The van der Waals surface area contributed by atoms with Crippen molar-refractivity contribution in [2.45, 2.75) is 37.6 Å². The molecule has 1 aliphatic rings. The van der Waals surface area contributed by atoms with Crippen molar-refractivity contribution in [1.82, 2.24) is 5.32 Å². The molecule has 0 aromatic rings. The molecule has 0 aliphatic carbocycles. The van der Waals surface area contributed by atoms with Crippen molar-refractivity contribution in [2.24, 2.45) is 0 Å². The van der Waals surface area contributed by atoms with E-state index in [-0.39, 0.29) is 6.04 Å². The monoisotopic (exact) mass is 170 g/mol. The van der Waals surface area contributed by atoms with Gasteiger partial charge in [-0.1, -0.05) is 6.92 Å². The van der Waals surface area contributed by atoms with Crippen LogP contribution < -0.4 is 5.32 Å². The predicted molar refractivity (Wildman–Crippen MR) is 48.5 cm³/mol. The van der Waals surface area contributed by atoms with Crippen molar-refractivity contribution in [1.29, 1.82) is 5.26 Å². The fraction of sp³-hybridized carbons (Fsp3) is 0.875. The molecule has 1 N–H and O–H groups in total. The average Bonchev–Trinajstić information content (AvgIpc) is 2.37. The van der Waals surface area contributed by atoms with E-state index in [4.69, 9.17) is 5.26 Å². The Morgan fingerprint density at radius 1 is 1.73 bits per heavy atom. The van der Waals surface area contributed by atoms with E-state index < -0.39 is 0 Å². The third kappa shape index (κ3) is 2.39. The van der Waals surface area contributed by atoms with E-state index in [1.165, 1.54) is 12.2 Å². The van der Waals surface area contributed by atoms with Crippen LogP contribution in [0.4, 0.5) is 0 Å². The Morgan fingerprint density at radius 3 is 2.91 bits per heavy atom. The fourth-order valence-electron chi connectivity index (χ4n) is 1.31. The van der Waals surface area contributed by atoms with Crippen molar-refractivity contribution >= 4 is 11.8 Å². The first-order chi connectivity index (χ1) is 5.24. The average molecular weight is 170 g/mol. The van der Waals surface area contributed by atoms with E-state index in [1.807, 2.05) is 18.7 Å². The van der Waals surface area contributed by atoms with Crippen LogP contribution in [0.15, 0.2) is 0 Å². The number of nitriles is 1. The zero-order valence-electron chi connectivity index (χ0n) is 7.00. The van der Waals surface area contributed by atoms with Crippen LogP contribution in [-0.4, -0.2) is 23.1 Å². The van der Waals surface area contributed by atoms with Gasteiger partial charge in [-0.2, -0.15) is 17.0 Å². The number of nitrogens with zero attached hydrogens (tertiary/aromatic N) is 1. The Morgan fingerprint density at radius 2 is 2.45 bits per heavy atom. The summed E-state index contributed by atoms with van der Waals surface area (Å²) in [6.07, 6.45) is 1.21. The molecule has 3 unspecified atom stereocenters. The summed E-state index contributed by atoms with van der Waals surface area (Å²) in [7, 11) is 0. The quantitative estimate of drug-likeness (QED) is 0.680. The van der Waals surface area contributed by atoms with E-state index in [2.05, 4.69) is 18.3 Å². The van der Waals surface area contributed by atoms with Crippen LogP contribution in [0.3, 0.4) is 0 Å². The molecule has 3 heteroatoms. The van der Waals surface area contributed by atoms with Gasteiger partial charge >= 0.3 is 0 Å². The van der Waals surface area contributed by atoms with Gasteiger partial charge in [-0.15, -0.1) is 0 Å². The van der Waals surface area contributed by atoms with Gasteiger partial charge in [0.15, 0.2) is 0 Å². The van der Waals surface area contributed by atoms with Gasteiger partial charge < -0.3 is 0 Å². The van der Waals surface area contributed by atoms with Crippen molar-refractivity contribution in [2.75, 3.05) is 5.75 Å². The predicted octanol–water partition coefficient (Wildman–Crippen LogP) is 1.38. The maximum atomic E-state index is 8.56. The molecule has 1 aliphatic heterocycles. The van der Waals surface area contributed by atoms with Crippen LogP contribution in [0.1, 0.15) is 20.3 Å². The van der Waals surface area contributed by atoms with Crippen LogP contribution in [0, 0.1) is 11.3 Å². The van der Waals surface area contributed by atoms with Gasteiger partial charge in [0.1, 0.15) is 0 Å². The Labute approximate surface area is 72.4 Å². The molecule has 0 amide bonds. The molecule has 2 nitrogen and oxygen atoms in total. The molecule has 1 rings (SSSR count). The Kier molecular flexibility index (Phi) is 3.22. The van der Waals surface area contributed by atoms with Gasteiger partial charge in [0.25, 0.3) is 0 Å². The molecule has 0 radical (unpaired) electrons. The third-order valence-electron chi connectivity index (χ3n) is 2.03. The molecule has 0 aromatic carbocycles. The largest absolute Gasteiger partial charge is 0.298 e. The van der Waals surface area contributed by atoms with Gasteiger partial charge in [0.05, 0.1) is 12.1 Å². The van der Waals surface area contributed by atoms with Gasteiger partial charge in [-0.25, -0.2) is 0 Å². The van der Waals surface area contributed by atoms with Gasteiger partial charge in [-0.3, -0.25) is 5.32 Å². The van der Waals surface area contributed by atoms with Gasteiger partial charge in [0.2, 0.25) is 0 Å². The zero-order valence-corrected chi connectivity index (χ0v) is 7.82. The Balaban J connectivity index is 2.32. The summed E-state index contributed by atoms with van der Waals surface area (Å²) in [4.78, 5) is 0. The van der Waals surface area contributed by atoms with Crippen LogP contribution in [0.2, 0.25) is 0 Å². The molecule has 3 atom stereocenters.